The smallest absolute Gasteiger partial charge is 0.273 e. The summed E-state index contributed by atoms with van der Waals surface area (Å²) >= 11 is 0. The molecule has 126 valence electrons. The fourth-order valence-electron chi connectivity index (χ4n) is 3.90. The normalized spacial score (nSPS) is 16.6. The zero-order valence-corrected chi connectivity index (χ0v) is 14.3. The molecule has 1 aliphatic heterocycles. The van der Waals surface area contributed by atoms with Crippen molar-refractivity contribution in [3.63, 3.8) is 0 Å². The summed E-state index contributed by atoms with van der Waals surface area (Å²) in [5.41, 5.74) is 4.47. The number of fused-ring (bicyclic) bond motifs is 4. The summed E-state index contributed by atoms with van der Waals surface area (Å²) in [6.07, 6.45) is 1.88. The number of carbonyl (C=O) groups is 1. The molecule has 1 saturated carbocycles. The number of amides is 1. The van der Waals surface area contributed by atoms with Crippen LogP contribution < -0.4 is 0 Å². The van der Waals surface area contributed by atoms with E-state index in [1.165, 1.54) is 0 Å². The van der Waals surface area contributed by atoms with Crippen molar-refractivity contribution in [3.8, 4) is 16.9 Å². The highest BCUT2D eigenvalue weighted by molar-refractivity contribution is 5.96. The monoisotopic (exact) mass is 340 g/mol. The lowest BCUT2D eigenvalue weighted by Gasteiger charge is -2.27. The Labute approximate surface area is 151 Å². The van der Waals surface area contributed by atoms with Gasteiger partial charge in [-0.05, 0) is 25.0 Å². The summed E-state index contributed by atoms with van der Waals surface area (Å²) < 4.78 is 1.72. The Morgan fingerprint density at radius 1 is 1.12 bits per heavy atom. The van der Waals surface area contributed by atoms with Gasteiger partial charge in [-0.25, -0.2) is 9.53 Å². The largest absolute Gasteiger partial charge is 0.331 e. The maximum atomic E-state index is 13.2. The fourth-order valence-corrected chi connectivity index (χ4v) is 3.90. The molecule has 26 heavy (non-hydrogen) atoms. The first kappa shape index (κ1) is 14.9. The average molecular weight is 340 g/mol. The van der Waals surface area contributed by atoms with Gasteiger partial charge < -0.3 is 4.90 Å². The maximum Gasteiger partial charge on any atom is 0.273 e. The molecule has 0 radical (unpaired) electrons. The Balaban J connectivity index is 1.80. The van der Waals surface area contributed by atoms with E-state index < -0.39 is 0 Å². The molecular weight excluding hydrogens is 324 g/mol. The Hall–Kier alpha value is -3.39. The molecule has 1 fully saturated rings. The third kappa shape index (κ3) is 1.90. The van der Waals surface area contributed by atoms with Gasteiger partial charge in [-0.15, -0.1) is 0 Å². The molecule has 3 aromatic rings. The number of hydrogen-bond acceptors (Lipinski definition) is 2. The van der Waals surface area contributed by atoms with Crippen LogP contribution in [0.4, 0.5) is 5.69 Å². The quantitative estimate of drug-likeness (QED) is 0.624. The first-order chi connectivity index (χ1) is 12.6. The summed E-state index contributed by atoms with van der Waals surface area (Å²) in [4.78, 5) is 18.6. The zero-order chi connectivity index (χ0) is 17.9. The molecule has 5 nitrogen and oxygen atoms in total. The second-order valence-electron chi connectivity index (χ2n) is 6.90. The Bertz CT molecular complexity index is 1090. The van der Waals surface area contributed by atoms with E-state index in [1.807, 2.05) is 66.5 Å². The number of rotatable bonds is 1. The van der Waals surface area contributed by atoms with Crippen LogP contribution in [0, 0.1) is 6.57 Å². The van der Waals surface area contributed by atoms with Crippen LogP contribution in [0.3, 0.4) is 0 Å². The van der Waals surface area contributed by atoms with E-state index in [9.17, 15) is 4.79 Å². The predicted molar refractivity (Wildman–Crippen MR) is 98.3 cm³/mol. The van der Waals surface area contributed by atoms with Gasteiger partial charge >= 0.3 is 0 Å². The minimum Gasteiger partial charge on any atom is -0.331 e. The van der Waals surface area contributed by atoms with Gasteiger partial charge in [-0.2, -0.15) is 5.10 Å². The summed E-state index contributed by atoms with van der Waals surface area (Å²) in [7, 11) is 1.87. The lowest BCUT2D eigenvalue weighted by atomic mass is 10.0. The molecule has 0 atom stereocenters. The first-order valence-corrected chi connectivity index (χ1v) is 8.60. The van der Waals surface area contributed by atoms with Crippen LogP contribution in [0.5, 0.6) is 0 Å². The summed E-state index contributed by atoms with van der Waals surface area (Å²) in [6.45, 7) is 7.35. The molecule has 0 unspecified atom stereocenters. The van der Waals surface area contributed by atoms with Crippen molar-refractivity contribution in [1.82, 2.24) is 14.7 Å². The number of hydrogen-bond donors (Lipinski definition) is 0. The molecule has 5 rings (SSSR count). The average Bonchev–Trinajstić information content (AvgIpc) is 3.39. The van der Waals surface area contributed by atoms with Gasteiger partial charge in [0.25, 0.3) is 5.91 Å². The second kappa shape index (κ2) is 5.06. The summed E-state index contributed by atoms with van der Waals surface area (Å²) in [6, 6.07) is 17.3. The molecule has 0 N–H and O–H groups in total. The van der Waals surface area contributed by atoms with E-state index in [1.54, 1.807) is 4.68 Å². The van der Waals surface area contributed by atoms with E-state index >= 15 is 0 Å². The van der Waals surface area contributed by atoms with E-state index in [2.05, 4.69) is 4.85 Å². The molecule has 0 saturated heterocycles. The van der Waals surface area contributed by atoms with Crippen LogP contribution in [0.15, 0.2) is 54.6 Å². The first-order valence-electron chi connectivity index (χ1n) is 8.60. The third-order valence-corrected chi connectivity index (χ3v) is 5.51. The second-order valence-corrected chi connectivity index (χ2v) is 6.90. The van der Waals surface area contributed by atoms with Crippen LogP contribution in [0.1, 0.15) is 28.9 Å². The third-order valence-electron chi connectivity index (χ3n) is 5.51. The van der Waals surface area contributed by atoms with Gasteiger partial charge in [0, 0.05) is 18.2 Å². The summed E-state index contributed by atoms with van der Waals surface area (Å²) in [5.74, 6) is -0.0299. The Morgan fingerprint density at radius 2 is 1.88 bits per heavy atom. The molecule has 1 spiro atoms. The van der Waals surface area contributed by atoms with E-state index in [-0.39, 0.29) is 11.4 Å². The Morgan fingerprint density at radius 3 is 2.58 bits per heavy atom. The molecule has 1 amide bonds. The topological polar surface area (TPSA) is 42.5 Å². The van der Waals surface area contributed by atoms with Crippen LogP contribution in [0.2, 0.25) is 0 Å². The molecule has 0 bridgehead atoms. The molecule has 2 heterocycles. The molecule has 1 aliphatic carbocycles. The zero-order valence-electron chi connectivity index (χ0n) is 14.3. The summed E-state index contributed by atoms with van der Waals surface area (Å²) in [5, 5.41) is 4.74. The van der Waals surface area contributed by atoms with Crippen LogP contribution in [0.25, 0.3) is 21.8 Å². The van der Waals surface area contributed by atoms with Gasteiger partial charge in [0.1, 0.15) is 5.69 Å². The minimum atomic E-state index is -0.263. The van der Waals surface area contributed by atoms with Gasteiger partial charge in [-0.3, -0.25) is 4.79 Å². The van der Waals surface area contributed by atoms with Crippen LogP contribution >= 0.6 is 0 Å². The maximum absolute atomic E-state index is 13.2. The van der Waals surface area contributed by atoms with Crippen molar-refractivity contribution in [2.45, 2.75) is 18.4 Å². The van der Waals surface area contributed by atoms with E-state index in [0.29, 0.717) is 11.4 Å². The van der Waals surface area contributed by atoms with Gasteiger partial charge in [0.2, 0.25) is 0 Å². The van der Waals surface area contributed by atoms with Gasteiger partial charge in [-0.1, -0.05) is 42.5 Å². The van der Waals surface area contributed by atoms with Gasteiger partial charge in [0.05, 0.1) is 23.5 Å². The minimum absolute atomic E-state index is 0.0299. The predicted octanol–water partition coefficient (Wildman–Crippen LogP) is 4.16. The van der Waals surface area contributed by atoms with Crippen molar-refractivity contribution < 1.29 is 4.79 Å². The van der Waals surface area contributed by atoms with Crippen molar-refractivity contribution in [2.75, 3.05) is 7.05 Å². The molecule has 2 aliphatic rings. The van der Waals surface area contributed by atoms with Crippen molar-refractivity contribution in [2.24, 2.45) is 0 Å². The highest BCUT2D eigenvalue weighted by atomic mass is 16.2. The number of aromatic nitrogens is 2. The lowest BCUT2D eigenvalue weighted by Crippen LogP contribution is -2.36. The molecule has 1 aromatic heterocycles. The molecular formula is C21H16N4O. The van der Waals surface area contributed by atoms with E-state index in [0.717, 1.165) is 35.3 Å². The lowest BCUT2D eigenvalue weighted by molar-refractivity contribution is 0.0704. The van der Waals surface area contributed by atoms with Crippen LogP contribution in [-0.2, 0) is 5.54 Å². The highest BCUT2D eigenvalue weighted by Gasteiger charge is 2.53. The number of benzene rings is 2. The van der Waals surface area contributed by atoms with Crippen LogP contribution in [-0.4, -0.2) is 27.6 Å². The van der Waals surface area contributed by atoms with E-state index in [4.69, 9.17) is 11.7 Å². The Kier molecular flexibility index (Phi) is 2.90. The fraction of sp³-hybridized carbons (Fsp3) is 0.190. The molecule has 5 heteroatoms. The van der Waals surface area contributed by atoms with Crippen molar-refractivity contribution in [3.05, 3.63) is 77.3 Å². The number of nitrogens with zero attached hydrogens (tertiary/aromatic N) is 4. The van der Waals surface area contributed by atoms with Crippen molar-refractivity contribution >= 4 is 11.6 Å². The standard InChI is InChI=1S/C21H16N4O/c1-22-15-8-9-16-18(12-15)25-19(20(26)24(2)21(16)10-11-21)13-17(23-25)14-6-4-3-5-7-14/h3-9,12-13H,10-11H2,2H3. The number of carbonyl (C=O) groups excluding carboxylic acids is 1. The highest BCUT2D eigenvalue weighted by Crippen LogP contribution is 2.54. The SMILES string of the molecule is [C-]#[N+]c1ccc2c(c1)-n1nc(-c3ccccc3)cc1C(=O)N(C)C21CC1. The van der Waals surface area contributed by atoms with Gasteiger partial charge in [0.15, 0.2) is 5.69 Å². The molecule has 2 aromatic carbocycles. The van der Waals surface area contributed by atoms with Crippen molar-refractivity contribution in [1.29, 1.82) is 0 Å².